The Kier molecular flexibility index (Phi) is 62.5. The number of allylic oxidation sites excluding steroid dienone is 30. The van der Waals surface area contributed by atoms with Crippen molar-refractivity contribution in [2.24, 2.45) is 0 Å². The lowest BCUT2D eigenvalue weighted by atomic mass is 10.0. The van der Waals surface area contributed by atoms with E-state index in [2.05, 4.69) is 191 Å². The van der Waals surface area contributed by atoms with Crippen LogP contribution in [0.5, 0.6) is 0 Å². The third kappa shape index (κ3) is 65.2. The summed E-state index contributed by atoms with van der Waals surface area (Å²) in [5.74, 6) is -1.04. The number of carbonyl (C=O) groups excluding carboxylic acids is 3. The largest absolute Gasteiger partial charge is 0.462 e. The van der Waals surface area contributed by atoms with Gasteiger partial charge in [-0.3, -0.25) is 14.4 Å². The van der Waals surface area contributed by atoms with Gasteiger partial charge in [0.15, 0.2) is 6.10 Å². The summed E-state index contributed by atoms with van der Waals surface area (Å²) < 4.78 is 16.8. The Hall–Kier alpha value is -5.49. The van der Waals surface area contributed by atoms with E-state index < -0.39 is 12.1 Å². The average Bonchev–Trinajstić information content (AvgIpc) is 3.47. The zero-order valence-electron chi connectivity index (χ0n) is 51.7. The van der Waals surface area contributed by atoms with E-state index in [1.54, 1.807) is 0 Å². The van der Waals surface area contributed by atoms with E-state index in [4.69, 9.17) is 14.2 Å². The van der Waals surface area contributed by atoms with E-state index in [-0.39, 0.29) is 31.6 Å². The molecule has 452 valence electrons. The van der Waals surface area contributed by atoms with Crippen LogP contribution in [0.15, 0.2) is 182 Å². The molecule has 0 heterocycles. The molecule has 0 aliphatic heterocycles. The maximum Gasteiger partial charge on any atom is 0.306 e. The van der Waals surface area contributed by atoms with Gasteiger partial charge in [0.1, 0.15) is 13.2 Å². The Labute approximate surface area is 497 Å². The van der Waals surface area contributed by atoms with Crippen molar-refractivity contribution in [3.63, 3.8) is 0 Å². The topological polar surface area (TPSA) is 78.9 Å². The number of ether oxygens (including phenoxy) is 3. The molecule has 0 radical (unpaired) electrons. The molecule has 81 heavy (non-hydrogen) atoms. The highest BCUT2D eigenvalue weighted by Crippen LogP contribution is 2.14. The number of unbranched alkanes of at least 4 members (excludes halogenated alkanes) is 15. The third-order valence-corrected chi connectivity index (χ3v) is 12.9. The van der Waals surface area contributed by atoms with Crippen molar-refractivity contribution in [3.05, 3.63) is 182 Å². The second-order valence-electron chi connectivity index (χ2n) is 20.5. The van der Waals surface area contributed by atoms with Gasteiger partial charge < -0.3 is 14.2 Å². The molecular formula is C75H116O6. The maximum absolute atomic E-state index is 12.9. The average molecular weight is 1110 g/mol. The molecule has 0 saturated carbocycles. The first-order valence-corrected chi connectivity index (χ1v) is 32.3. The van der Waals surface area contributed by atoms with Gasteiger partial charge >= 0.3 is 17.9 Å². The number of hydrogen-bond donors (Lipinski definition) is 0. The van der Waals surface area contributed by atoms with Crippen LogP contribution in [0.2, 0.25) is 0 Å². The van der Waals surface area contributed by atoms with E-state index >= 15 is 0 Å². The van der Waals surface area contributed by atoms with Crippen LogP contribution in [-0.4, -0.2) is 37.2 Å². The standard InChI is InChI=1S/C75H116O6/c1-4-7-10-13-16-19-22-25-28-31-33-34-35-36-37-38-39-40-42-44-47-50-53-56-59-62-65-68-74(77)80-71-72(70-79-73(76)67-64-61-58-55-52-49-46-43-30-27-24-21-18-15-12-9-6-3)81-75(78)69-66-63-60-57-54-51-48-45-41-32-29-26-23-20-17-14-11-8-5-2/h7-12,16-21,25-30,33-34,36-37,41,45-46,49,51,54,60,63,72H,4-6,13-15,22-24,31-32,35,38-40,42-44,47-48,50,52-53,55-59,61-62,64-71H2,1-3H3/b10-7-,11-8-,12-9-,19-16-,20-17-,21-18-,28-25-,29-26-,30-27-,34-33-,37-36-,45-41-,49-46-,54-51-,63-60-. The molecule has 0 aliphatic carbocycles. The van der Waals surface area contributed by atoms with Gasteiger partial charge in [-0.05, 0) is 141 Å². The van der Waals surface area contributed by atoms with Gasteiger partial charge in [0.25, 0.3) is 0 Å². The fourth-order valence-corrected chi connectivity index (χ4v) is 8.19. The van der Waals surface area contributed by atoms with Crippen LogP contribution in [0.4, 0.5) is 0 Å². The van der Waals surface area contributed by atoms with Gasteiger partial charge in [-0.1, -0.05) is 274 Å². The summed E-state index contributed by atoms with van der Waals surface area (Å²) in [7, 11) is 0. The van der Waals surface area contributed by atoms with Crippen LogP contribution in [0.1, 0.15) is 252 Å². The first-order chi connectivity index (χ1) is 40.0. The fourth-order valence-electron chi connectivity index (χ4n) is 8.19. The summed E-state index contributed by atoms with van der Waals surface area (Å²) in [6, 6.07) is 0. The molecule has 0 aromatic carbocycles. The molecule has 0 fully saturated rings. The molecule has 0 bridgehead atoms. The van der Waals surface area contributed by atoms with E-state index in [9.17, 15) is 14.4 Å². The molecule has 0 rings (SSSR count). The second kappa shape index (κ2) is 67.0. The Balaban J connectivity index is 4.50. The van der Waals surface area contributed by atoms with Crippen LogP contribution in [0.25, 0.3) is 0 Å². The molecule has 6 heteroatoms. The Bertz CT molecular complexity index is 1900. The van der Waals surface area contributed by atoms with Crippen LogP contribution in [0.3, 0.4) is 0 Å². The highest BCUT2D eigenvalue weighted by molar-refractivity contribution is 5.71. The third-order valence-electron chi connectivity index (χ3n) is 12.9. The van der Waals surface area contributed by atoms with Crippen molar-refractivity contribution in [2.75, 3.05) is 13.2 Å². The lowest BCUT2D eigenvalue weighted by molar-refractivity contribution is -0.166. The molecule has 0 aromatic rings. The van der Waals surface area contributed by atoms with Crippen molar-refractivity contribution in [2.45, 2.75) is 258 Å². The lowest BCUT2D eigenvalue weighted by Gasteiger charge is -2.18. The van der Waals surface area contributed by atoms with Crippen molar-refractivity contribution in [3.8, 4) is 0 Å². The van der Waals surface area contributed by atoms with Crippen molar-refractivity contribution in [1.29, 1.82) is 0 Å². The van der Waals surface area contributed by atoms with Crippen LogP contribution >= 0.6 is 0 Å². The molecule has 6 nitrogen and oxygen atoms in total. The monoisotopic (exact) mass is 1110 g/mol. The summed E-state index contributed by atoms with van der Waals surface area (Å²) in [5, 5.41) is 0. The summed E-state index contributed by atoms with van der Waals surface area (Å²) in [6.07, 6.45) is 101. The van der Waals surface area contributed by atoms with Crippen molar-refractivity contribution in [1.82, 2.24) is 0 Å². The van der Waals surface area contributed by atoms with Crippen LogP contribution < -0.4 is 0 Å². The van der Waals surface area contributed by atoms with E-state index in [0.29, 0.717) is 19.3 Å². The van der Waals surface area contributed by atoms with E-state index in [1.165, 1.54) is 57.8 Å². The van der Waals surface area contributed by atoms with Crippen LogP contribution in [-0.2, 0) is 28.6 Å². The Morgan fingerprint density at radius 3 is 0.741 bits per heavy atom. The molecule has 0 aliphatic rings. The highest BCUT2D eigenvalue weighted by Gasteiger charge is 2.19. The van der Waals surface area contributed by atoms with Gasteiger partial charge in [0, 0.05) is 19.3 Å². The first-order valence-electron chi connectivity index (χ1n) is 32.3. The van der Waals surface area contributed by atoms with Gasteiger partial charge in [0.2, 0.25) is 0 Å². The maximum atomic E-state index is 12.9. The number of hydrogen-bond acceptors (Lipinski definition) is 6. The van der Waals surface area contributed by atoms with E-state index in [0.717, 1.165) is 148 Å². The summed E-state index contributed by atoms with van der Waals surface area (Å²) in [6.45, 7) is 6.21. The summed E-state index contributed by atoms with van der Waals surface area (Å²) >= 11 is 0. The number of rotatable bonds is 56. The molecule has 0 saturated heterocycles. The molecule has 0 N–H and O–H groups in total. The quantitative estimate of drug-likeness (QED) is 0.0261. The zero-order valence-corrected chi connectivity index (χ0v) is 51.7. The predicted octanol–water partition coefficient (Wildman–Crippen LogP) is 22.4. The van der Waals surface area contributed by atoms with Gasteiger partial charge in [-0.2, -0.15) is 0 Å². The molecular weight excluding hydrogens is 997 g/mol. The van der Waals surface area contributed by atoms with Gasteiger partial charge in [-0.25, -0.2) is 0 Å². The molecule has 1 unspecified atom stereocenters. The van der Waals surface area contributed by atoms with Crippen molar-refractivity contribution >= 4 is 17.9 Å². The molecule has 0 spiro atoms. The number of esters is 3. The van der Waals surface area contributed by atoms with Crippen LogP contribution in [0, 0.1) is 0 Å². The normalized spacial score (nSPS) is 13.4. The minimum absolute atomic E-state index is 0.127. The minimum Gasteiger partial charge on any atom is -0.462 e. The summed E-state index contributed by atoms with van der Waals surface area (Å²) in [5.41, 5.74) is 0. The van der Waals surface area contributed by atoms with Gasteiger partial charge in [0.05, 0.1) is 0 Å². The second-order valence-corrected chi connectivity index (χ2v) is 20.5. The molecule has 0 aromatic heterocycles. The SMILES string of the molecule is CC/C=C\C/C=C\C/C=C\C/C=C\C/C=C\C/C=C\CCC(=O)OC(COC(=O)CCCCCC/C=C\C/C=C\C/C=C\C/C=C\CC)COC(=O)CCCCCCCCCCCCC/C=C\C/C=C\C/C=C\C/C=C\C/C=C\CC. The zero-order chi connectivity index (χ0) is 58.5. The number of carbonyl (C=O) groups is 3. The summed E-state index contributed by atoms with van der Waals surface area (Å²) in [4.78, 5) is 38.3. The lowest BCUT2D eigenvalue weighted by Crippen LogP contribution is -2.30. The molecule has 1 atom stereocenters. The highest BCUT2D eigenvalue weighted by atomic mass is 16.6. The Morgan fingerprint density at radius 2 is 0.469 bits per heavy atom. The fraction of sp³-hybridized carbons (Fsp3) is 0.560. The van der Waals surface area contributed by atoms with Crippen molar-refractivity contribution < 1.29 is 28.6 Å². The molecule has 0 amide bonds. The Morgan fingerprint density at radius 1 is 0.247 bits per heavy atom. The first kappa shape index (κ1) is 75.5. The predicted molar refractivity (Wildman–Crippen MR) is 352 cm³/mol. The minimum atomic E-state index is -0.842. The van der Waals surface area contributed by atoms with E-state index in [1.807, 2.05) is 12.2 Å². The smallest absolute Gasteiger partial charge is 0.306 e. The van der Waals surface area contributed by atoms with Gasteiger partial charge in [-0.15, -0.1) is 0 Å².